The second-order valence-corrected chi connectivity index (χ2v) is 7.20. The summed E-state index contributed by atoms with van der Waals surface area (Å²) in [6.45, 7) is 6.59. The molecule has 1 heterocycles. The number of hydrogen-bond donors (Lipinski definition) is 1. The molecule has 0 radical (unpaired) electrons. The zero-order valence-corrected chi connectivity index (χ0v) is 11.8. The Morgan fingerprint density at radius 1 is 1.47 bits per heavy atom. The summed E-state index contributed by atoms with van der Waals surface area (Å²) in [5.41, 5.74) is 2.03. The lowest BCUT2D eigenvalue weighted by molar-refractivity contribution is 0.282. The summed E-state index contributed by atoms with van der Waals surface area (Å²) in [5.74, 6) is 1.12. The number of aliphatic hydroxyl groups is 1. The first-order valence-corrected chi connectivity index (χ1v) is 7.16. The maximum absolute atomic E-state index is 9.40. The molecule has 17 heavy (non-hydrogen) atoms. The number of anilines is 1. The summed E-state index contributed by atoms with van der Waals surface area (Å²) >= 11 is 8.05. The van der Waals surface area contributed by atoms with Gasteiger partial charge in [0.15, 0.2) is 0 Å². The first-order valence-electron chi connectivity index (χ1n) is 5.80. The highest BCUT2D eigenvalue weighted by Crippen LogP contribution is 2.34. The van der Waals surface area contributed by atoms with Crippen molar-refractivity contribution in [2.24, 2.45) is 0 Å². The highest BCUT2D eigenvalue weighted by atomic mass is 35.5. The summed E-state index contributed by atoms with van der Waals surface area (Å²) in [4.78, 5) is 2.33. The monoisotopic (exact) mass is 271 g/mol. The molecular formula is C13H18ClNOS. The Morgan fingerprint density at radius 3 is 2.88 bits per heavy atom. The van der Waals surface area contributed by atoms with E-state index in [0.717, 1.165) is 35.1 Å². The molecule has 2 rings (SSSR count). The topological polar surface area (TPSA) is 23.5 Å². The van der Waals surface area contributed by atoms with Crippen molar-refractivity contribution in [2.75, 3.05) is 23.7 Å². The molecule has 94 valence electrons. The molecule has 0 saturated carbocycles. The predicted octanol–water partition coefficient (Wildman–Crippen LogP) is 3.16. The molecule has 0 aliphatic carbocycles. The number of thioether (sulfide) groups is 1. The van der Waals surface area contributed by atoms with Crippen LogP contribution in [-0.2, 0) is 6.61 Å². The summed E-state index contributed by atoms with van der Waals surface area (Å²) in [7, 11) is 0. The fourth-order valence-corrected chi connectivity index (χ4v) is 3.46. The van der Waals surface area contributed by atoms with Crippen LogP contribution in [0.25, 0.3) is 0 Å². The van der Waals surface area contributed by atoms with E-state index >= 15 is 0 Å². The molecule has 0 aromatic heterocycles. The Kier molecular flexibility index (Phi) is 3.91. The molecule has 1 aliphatic rings. The largest absolute Gasteiger partial charge is 0.392 e. The van der Waals surface area contributed by atoms with Gasteiger partial charge in [-0.2, -0.15) is 11.8 Å². The van der Waals surface area contributed by atoms with Crippen LogP contribution in [-0.4, -0.2) is 28.7 Å². The average molecular weight is 272 g/mol. The maximum atomic E-state index is 9.40. The van der Waals surface area contributed by atoms with E-state index in [2.05, 4.69) is 18.7 Å². The minimum atomic E-state index is 0.0660. The van der Waals surface area contributed by atoms with Gasteiger partial charge < -0.3 is 10.0 Å². The molecule has 0 bridgehead atoms. The van der Waals surface area contributed by atoms with E-state index in [1.54, 1.807) is 0 Å². The summed E-state index contributed by atoms with van der Waals surface area (Å²) in [5, 5.41) is 10.1. The highest BCUT2D eigenvalue weighted by Gasteiger charge is 2.28. The van der Waals surface area contributed by atoms with Crippen molar-refractivity contribution >= 4 is 29.1 Å². The second-order valence-electron chi connectivity index (χ2n) is 4.96. The van der Waals surface area contributed by atoms with E-state index in [1.165, 1.54) is 0 Å². The summed E-state index contributed by atoms with van der Waals surface area (Å²) in [6, 6.07) is 5.70. The van der Waals surface area contributed by atoms with Crippen LogP contribution in [0.2, 0.25) is 5.02 Å². The number of aliphatic hydroxyl groups excluding tert-OH is 1. The van der Waals surface area contributed by atoms with Gasteiger partial charge in [0.05, 0.1) is 6.61 Å². The molecule has 2 nitrogen and oxygen atoms in total. The lowest BCUT2D eigenvalue weighted by Gasteiger charge is -2.39. The molecule has 4 heteroatoms. The zero-order valence-electron chi connectivity index (χ0n) is 10.2. The van der Waals surface area contributed by atoms with Crippen molar-refractivity contribution in [3.05, 3.63) is 28.8 Å². The van der Waals surface area contributed by atoms with Crippen LogP contribution < -0.4 is 4.90 Å². The number of hydrogen-bond acceptors (Lipinski definition) is 3. The van der Waals surface area contributed by atoms with Crippen molar-refractivity contribution in [1.29, 1.82) is 0 Å². The average Bonchev–Trinajstić information content (AvgIpc) is 2.27. The van der Waals surface area contributed by atoms with E-state index in [9.17, 15) is 5.11 Å². The number of nitrogens with zero attached hydrogens (tertiary/aromatic N) is 1. The fraction of sp³-hybridized carbons (Fsp3) is 0.538. The van der Waals surface area contributed by atoms with Gasteiger partial charge in [-0.1, -0.05) is 17.7 Å². The Bertz CT molecular complexity index is 408. The van der Waals surface area contributed by atoms with Gasteiger partial charge in [0, 0.05) is 39.9 Å². The number of benzene rings is 1. The molecule has 1 aromatic carbocycles. The van der Waals surface area contributed by atoms with E-state index in [1.807, 2.05) is 30.0 Å². The molecule has 0 spiro atoms. The van der Waals surface area contributed by atoms with E-state index in [-0.39, 0.29) is 11.4 Å². The third kappa shape index (κ3) is 3.09. The van der Waals surface area contributed by atoms with Gasteiger partial charge >= 0.3 is 0 Å². The molecule has 1 N–H and O–H groups in total. The maximum Gasteiger partial charge on any atom is 0.0702 e. The van der Waals surface area contributed by atoms with Gasteiger partial charge in [-0.25, -0.2) is 0 Å². The van der Waals surface area contributed by atoms with Crippen molar-refractivity contribution in [3.63, 3.8) is 0 Å². The molecule has 1 aliphatic heterocycles. The quantitative estimate of drug-likeness (QED) is 0.894. The van der Waals surface area contributed by atoms with Gasteiger partial charge in [-0.15, -0.1) is 0 Å². The van der Waals surface area contributed by atoms with Crippen LogP contribution in [0.5, 0.6) is 0 Å². The van der Waals surface area contributed by atoms with Crippen LogP contribution in [0, 0.1) is 0 Å². The predicted molar refractivity (Wildman–Crippen MR) is 76.1 cm³/mol. The smallest absolute Gasteiger partial charge is 0.0702 e. The van der Waals surface area contributed by atoms with E-state index in [4.69, 9.17) is 11.6 Å². The van der Waals surface area contributed by atoms with Crippen LogP contribution in [0.15, 0.2) is 18.2 Å². The number of halogens is 1. The van der Waals surface area contributed by atoms with Crippen LogP contribution in [0.3, 0.4) is 0 Å². The standard InChI is InChI=1S/C13H18ClNOS/c1-13(2)9-15(5-6-17-13)12-7-11(14)4-3-10(12)8-16/h3-4,7,16H,5-6,8-9H2,1-2H3. The Balaban J connectivity index is 2.29. The third-order valence-corrected chi connectivity index (χ3v) is 4.52. The van der Waals surface area contributed by atoms with Crippen molar-refractivity contribution in [3.8, 4) is 0 Å². The highest BCUT2D eigenvalue weighted by molar-refractivity contribution is 8.00. The molecule has 0 amide bonds. The summed E-state index contributed by atoms with van der Waals surface area (Å²) in [6.07, 6.45) is 0. The SMILES string of the molecule is CC1(C)CN(c2cc(Cl)ccc2CO)CCS1. The normalized spacial score (nSPS) is 19.4. The Hall–Kier alpha value is -0.380. The molecule has 1 aromatic rings. The van der Waals surface area contributed by atoms with Gasteiger partial charge in [0.1, 0.15) is 0 Å². The first kappa shape index (κ1) is 13.1. The molecule has 0 atom stereocenters. The second kappa shape index (κ2) is 5.09. The third-order valence-electron chi connectivity index (χ3n) is 2.98. The van der Waals surface area contributed by atoms with Gasteiger partial charge in [-0.05, 0) is 26.0 Å². The van der Waals surface area contributed by atoms with Crippen molar-refractivity contribution in [1.82, 2.24) is 0 Å². The Labute approximate surface area is 112 Å². The molecule has 1 saturated heterocycles. The lowest BCUT2D eigenvalue weighted by atomic mass is 10.1. The fourth-order valence-electron chi connectivity index (χ4n) is 2.19. The van der Waals surface area contributed by atoms with Crippen molar-refractivity contribution in [2.45, 2.75) is 25.2 Å². The summed E-state index contributed by atoms with van der Waals surface area (Å²) < 4.78 is 0.257. The molecule has 0 unspecified atom stereocenters. The van der Waals surface area contributed by atoms with E-state index < -0.39 is 0 Å². The lowest BCUT2D eigenvalue weighted by Crippen LogP contribution is -2.43. The minimum absolute atomic E-state index is 0.0660. The van der Waals surface area contributed by atoms with Gasteiger partial charge in [0.2, 0.25) is 0 Å². The van der Waals surface area contributed by atoms with Crippen molar-refractivity contribution < 1.29 is 5.11 Å². The zero-order chi connectivity index (χ0) is 12.5. The number of rotatable bonds is 2. The molecule has 1 fully saturated rings. The molecular weight excluding hydrogens is 254 g/mol. The van der Waals surface area contributed by atoms with Crippen LogP contribution >= 0.6 is 23.4 Å². The Morgan fingerprint density at radius 2 is 2.24 bits per heavy atom. The van der Waals surface area contributed by atoms with Crippen LogP contribution in [0.4, 0.5) is 5.69 Å². The van der Waals surface area contributed by atoms with Gasteiger partial charge in [-0.3, -0.25) is 0 Å². The van der Waals surface area contributed by atoms with Gasteiger partial charge in [0.25, 0.3) is 0 Å². The van der Waals surface area contributed by atoms with Crippen LogP contribution in [0.1, 0.15) is 19.4 Å². The van der Waals surface area contributed by atoms with E-state index in [0.29, 0.717) is 0 Å². The first-order chi connectivity index (χ1) is 8.02. The minimum Gasteiger partial charge on any atom is -0.392 e.